The Morgan fingerprint density at radius 3 is 2.34 bits per heavy atom. The van der Waals surface area contributed by atoms with Gasteiger partial charge in [0.15, 0.2) is 5.78 Å². The van der Waals surface area contributed by atoms with Crippen LogP contribution >= 0.6 is 0 Å². The molecular formula is C56H82F3N3O11. The third-order valence-corrected chi connectivity index (χ3v) is 15.6. The zero-order chi connectivity index (χ0) is 53.8. The number of cyclic esters (lactones) is 1. The first-order valence-electron chi connectivity index (χ1n) is 26.3. The summed E-state index contributed by atoms with van der Waals surface area (Å²) in [6.45, 7) is 10.9. The Hall–Kier alpha value is -4.23. The summed E-state index contributed by atoms with van der Waals surface area (Å²) in [6.07, 6.45) is 7.00. The molecule has 1 saturated carbocycles. The molecule has 0 radical (unpaired) electrons. The van der Waals surface area contributed by atoms with Crippen LogP contribution in [0.5, 0.6) is 0 Å². The second-order valence-corrected chi connectivity index (χ2v) is 21.4. The normalized spacial score (nSPS) is 37.4. The summed E-state index contributed by atoms with van der Waals surface area (Å²) in [5.74, 6) is -7.26. The van der Waals surface area contributed by atoms with Gasteiger partial charge in [-0.1, -0.05) is 75.8 Å². The van der Waals surface area contributed by atoms with Gasteiger partial charge < -0.3 is 50.2 Å². The number of fused-ring (bicyclic) bond motifs is 3. The maximum Gasteiger partial charge on any atom is 0.416 e. The average Bonchev–Trinajstić information content (AvgIpc) is 3.35. The molecule has 5 rings (SSSR count). The highest BCUT2D eigenvalue weighted by molar-refractivity contribution is 6.39. The SMILES string of the molecule is CO[C@@H]1C[C@H](C[C@@H](C)[C@@H]2CC[C@H](N)/C=C(\C)[C@@H](O)[C@@H](OC)C(=O)[C@H](C)C[C@H](C)/C=C/C=C/C=C(\C)[C@@H](Nc3cccc(C(F)(F)F)c3)C[C@@H]3CC[C@@H](C)[C@@](O)(O3)C(=O)C(=O)N3CCCC[C@H]3C(=O)O2)CC[C@H]1O. The number of nitrogens with zero attached hydrogens (tertiary/aromatic N) is 1. The standard InChI is InChI=1S/C56H82F3N3O11/c1-33-15-10-9-11-16-34(2)44(61-42-18-14-17-40(31-42)56(57,58)59)32-43-23-20-38(6)55(69,73-43)52(66)53(67)62-26-13-12-19-45(62)54(68)72-47(35(3)28-39-21-24-46(63)48(30-39)70-7)25-22-41(60)29-37(5)50(65)51(71-8)49(64)36(4)27-33/h9-11,14-18,29,31,33,35-36,38-39,41,43-48,50-51,61,63,65,69H,12-13,19-28,30,32,60H2,1-8H3/b11-9+,15-10+,34-16+,37-29+/t33-,35-,36-,38-,39+,41+,43+,44+,45+,46-,47+,48-,50-,51+,55-/m1/s1. The molecule has 15 atom stereocenters. The molecule has 1 aliphatic carbocycles. The Kier molecular flexibility index (Phi) is 22.1. The quantitative estimate of drug-likeness (QED) is 0.0994. The maximum absolute atomic E-state index is 14.5. The second-order valence-electron chi connectivity index (χ2n) is 21.4. The zero-order valence-corrected chi connectivity index (χ0v) is 44.0. The van der Waals surface area contributed by atoms with E-state index in [2.05, 4.69) is 5.32 Å². The summed E-state index contributed by atoms with van der Waals surface area (Å²) in [5.41, 5.74) is 7.16. The number of alkyl halides is 3. The number of carbonyl (C=O) groups is 4. The molecule has 3 aliphatic heterocycles. The van der Waals surface area contributed by atoms with Crippen LogP contribution in [0, 0.1) is 29.6 Å². The zero-order valence-electron chi connectivity index (χ0n) is 44.0. The highest BCUT2D eigenvalue weighted by Crippen LogP contribution is 2.38. The fraction of sp³-hybridized carbons (Fsp3) is 0.679. The van der Waals surface area contributed by atoms with Crippen LogP contribution in [-0.4, -0.2) is 125 Å². The molecule has 0 aromatic heterocycles. The summed E-state index contributed by atoms with van der Waals surface area (Å²) in [7, 11) is 2.95. The molecule has 14 nitrogen and oxygen atoms in total. The van der Waals surface area contributed by atoms with E-state index in [0.717, 1.165) is 18.6 Å². The van der Waals surface area contributed by atoms with Crippen molar-refractivity contribution in [1.82, 2.24) is 4.90 Å². The summed E-state index contributed by atoms with van der Waals surface area (Å²) in [4.78, 5) is 58.3. The van der Waals surface area contributed by atoms with Gasteiger partial charge in [0.05, 0.1) is 23.9 Å². The van der Waals surface area contributed by atoms with Crippen LogP contribution in [0.2, 0.25) is 0 Å². The Bertz CT molecular complexity index is 2150. The van der Waals surface area contributed by atoms with Gasteiger partial charge in [-0.15, -0.1) is 0 Å². The molecular weight excluding hydrogens is 948 g/mol. The largest absolute Gasteiger partial charge is 0.461 e. The van der Waals surface area contributed by atoms with E-state index in [0.29, 0.717) is 68.9 Å². The number of allylic oxidation sites excluding steroid dienone is 5. The lowest BCUT2D eigenvalue weighted by Crippen LogP contribution is -2.61. The van der Waals surface area contributed by atoms with Gasteiger partial charge in [-0.05, 0) is 139 Å². The van der Waals surface area contributed by atoms with Crippen molar-refractivity contribution >= 4 is 29.1 Å². The Labute approximate surface area is 430 Å². The number of ketones is 2. The number of esters is 1. The van der Waals surface area contributed by atoms with Gasteiger partial charge in [0.25, 0.3) is 11.7 Å². The highest BCUT2D eigenvalue weighted by atomic mass is 19.4. The van der Waals surface area contributed by atoms with Crippen molar-refractivity contribution in [3.63, 3.8) is 0 Å². The molecule has 1 aromatic carbocycles. The number of aliphatic hydroxyl groups is 3. The Balaban J connectivity index is 1.50. The van der Waals surface area contributed by atoms with E-state index >= 15 is 0 Å². The van der Waals surface area contributed by atoms with Crippen LogP contribution < -0.4 is 11.1 Å². The highest BCUT2D eigenvalue weighted by Gasteiger charge is 2.53. The van der Waals surface area contributed by atoms with Gasteiger partial charge in [-0.3, -0.25) is 14.4 Å². The van der Waals surface area contributed by atoms with E-state index < -0.39 is 95.7 Å². The number of amides is 1. The number of rotatable bonds is 7. The van der Waals surface area contributed by atoms with Gasteiger partial charge in [0, 0.05) is 50.4 Å². The number of ether oxygens (including phenoxy) is 4. The van der Waals surface area contributed by atoms with Crippen LogP contribution in [0.15, 0.2) is 71.9 Å². The minimum Gasteiger partial charge on any atom is -0.461 e. The number of piperidine rings is 1. The third-order valence-electron chi connectivity index (χ3n) is 15.6. The molecule has 4 aliphatic rings. The topological polar surface area (TPSA) is 207 Å². The van der Waals surface area contributed by atoms with Crippen LogP contribution in [0.3, 0.4) is 0 Å². The van der Waals surface area contributed by atoms with Gasteiger partial charge in [0.2, 0.25) is 5.79 Å². The lowest BCUT2D eigenvalue weighted by Gasteiger charge is -2.43. The summed E-state index contributed by atoms with van der Waals surface area (Å²) >= 11 is 0. The predicted molar refractivity (Wildman–Crippen MR) is 272 cm³/mol. The van der Waals surface area contributed by atoms with E-state index in [9.17, 15) is 47.7 Å². The van der Waals surface area contributed by atoms with Crippen molar-refractivity contribution < 1.29 is 66.6 Å². The van der Waals surface area contributed by atoms with Crippen molar-refractivity contribution in [2.24, 2.45) is 35.3 Å². The Morgan fingerprint density at radius 2 is 1.64 bits per heavy atom. The van der Waals surface area contributed by atoms with E-state index in [-0.39, 0.29) is 61.1 Å². The summed E-state index contributed by atoms with van der Waals surface area (Å²) in [5, 5.41) is 37.4. The summed E-state index contributed by atoms with van der Waals surface area (Å²) in [6, 6.07) is 2.37. The predicted octanol–water partition coefficient (Wildman–Crippen LogP) is 8.18. The number of nitrogens with two attached hydrogens (primary N) is 1. The lowest BCUT2D eigenvalue weighted by molar-refractivity contribution is -0.263. The molecule has 3 fully saturated rings. The van der Waals surface area contributed by atoms with E-state index in [4.69, 9.17) is 24.7 Å². The van der Waals surface area contributed by atoms with Crippen LogP contribution in [0.1, 0.15) is 131 Å². The molecule has 0 unspecified atom stereocenters. The number of hydrogen-bond donors (Lipinski definition) is 5. The molecule has 3 heterocycles. The second kappa shape index (κ2) is 27.0. The Morgan fingerprint density at radius 1 is 0.904 bits per heavy atom. The monoisotopic (exact) mass is 1030 g/mol. The molecule has 73 heavy (non-hydrogen) atoms. The van der Waals surface area contributed by atoms with Gasteiger partial charge in [-0.2, -0.15) is 13.2 Å². The first-order valence-corrected chi connectivity index (χ1v) is 26.3. The number of hydrogen-bond acceptors (Lipinski definition) is 13. The third kappa shape index (κ3) is 16.1. The fourth-order valence-electron chi connectivity index (χ4n) is 11.0. The maximum atomic E-state index is 14.5. The van der Waals surface area contributed by atoms with E-state index in [1.807, 2.05) is 26.0 Å². The number of halogens is 3. The average molecular weight is 1030 g/mol. The van der Waals surface area contributed by atoms with Gasteiger partial charge >= 0.3 is 12.1 Å². The summed E-state index contributed by atoms with van der Waals surface area (Å²) < 4.78 is 65.2. The molecule has 2 saturated heterocycles. The van der Waals surface area contributed by atoms with Crippen LogP contribution in [0.4, 0.5) is 18.9 Å². The van der Waals surface area contributed by atoms with Gasteiger partial charge in [-0.25, -0.2) is 4.79 Å². The molecule has 2 bridgehead atoms. The number of methoxy groups -OCH3 is 2. The minimum atomic E-state index is -4.59. The smallest absolute Gasteiger partial charge is 0.416 e. The van der Waals surface area contributed by atoms with Crippen molar-refractivity contribution in [3.05, 3.63) is 77.4 Å². The number of nitrogens with one attached hydrogen (secondary N) is 1. The van der Waals surface area contributed by atoms with E-state index in [1.54, 1.807) is 59.1 Å². The number of Topliss-reactive ketones (excluding diaryl/α,β-unsaturated/α-hetero) is 2. The number of carbonyl (C=O) groups excluding carboxylic acids is 4. The van der Waals surface area contributed by atoms with Crippen LogP contribution in [0.25, 0.3) is 0 Å². The van der Waals surface area contributed by atoms with Crippen molar-refractivity contribution in [2.45, 2.75) is 192 Å². The molecule has 408 valence electrons. The lowest BCUT2D eigenvalue weighted by atomic mass is 9.78. The molecule has 1 amide bonds. The first-order chi connectivity index (χ1) is 34.5. The van der Waals surface area contributed by atoms with E-state index in [1.165, 1.54) is 24.1 Å². The molecule has 6 N–H and O–H groups in total. The van der Waals surface area contributed by atoms with Crippen molar-refractivity contribution in [1.29, 1.82) is 0 Å². The van der Waals surface area contributed by atoms with Gasteiger partial charge in [0.1, 0.15) is 24.4 Å². The number of benzene rings is 1. The molecule has 0 spiro atoms. The van der Waals surface area contributed by atoms with Crippen molar-refractivity contribution in [2.75, 3.05) is 26.1 Å². The molecule has 17 heteroatoms. The minimum absolute atomic E-state index is 0.0524. The molecule has 1 aromatic rings. The fourth-order valence-corrected chi connectivity index (χ4v) is 11.0. The number of anilines is 1. The first kappa shape index (κ1) is 59.6. The number of aliphatic hydroxyl groups excluding tert-OH is 2. The van der Waals surface area contributed by atoms with Crippen LogP contribution in [-0.2, 0) is 44.3 Å². The van der Waals surface area contributed by atoms with Crippen molar-refractivity contribution in [3.8, 4) is 0 Å².